The van der Waals surface area contributed by atoms with Crippen LogP contribution in [-0.2, 0) is 9.47 Å². The Morgan fingerprint density at radius 3 is 2.68 bits per heavy atom. The van der Waals surface area contributed by atoms with Crippen LogP contribution in [0, 0.1) is 0 Å². The van der Waals surface area contributed by atoms with E-state index >= 15 is 0 Å². The standard InChI is InChI=1S/C12H20F3NO3/c13-12(14,15)11(3-4-11)16-6-9(17)7-18-8-10-2-1-5-19-10/h9-10,16-17H,1-8H2. The third-order valence-electron chi connectivity index (χ3n) is 3.61. The first-order valence-corrected chi connectivity index (χ1v) is 6.62. The quantitative estimate of drug-likeness (QED) is 0.738. The van der Waals surface area contributed by atoms with Crippen LogP contribution in [0.2, 0.25) is 0 Å². The summed E-state index contributed by atoms with van der Waals surface area (Å²) in [5, 5.41) is 12.0. The van der Waals surface area contributed by atoms with Crippen molar-refractivity contribution in [3.05, 3.63) is 0 Å². The molecule has 19 heavy (non-hydrogen) atoms. The number of hydrogen-bond donors (Lipinski definition) is 2. The molecule has 2 fully saturated rings. The van der Waals surface area contributed by atoms with E-state index in [2.05, 4.69) is 5.32 Å². The van der Waals surface area contributed by atoms with Gasteiger partial charge in [-0.1, -0.05) is 0 Å². The van der Waals surface area contributed by atoms with Crippen molar-refractivity contribution in [1.29, 1.82) is 0 Å². The molecule has 1 aliphatic carbocycles. The van der Waals surface area contributed by atoms with E-state index < -0.39 is 17.8 Å². The number of β-amino-alcohol motifs (C(OH)–C–C–N with tert-alkyl or cyclic N) is 1. The summed E-state index contributed by atoms with van der Waals surface area (Å²) in [6.45, 7) is 1.04. The minimum Gasteiger partial charge on any atom is -0.389 e. The van der Waals surface area contributed by atoms with Crippen molar-refractivity contribution >= 4 is 0 Å². The van der Waals surface area contributed by atoms with Gasteiger partial charge >= 0.3 is 6.18 Å². The lowest BCUT2D eigenvalue weighted by molar-refractivity contribution is -0.167. The highest BCUT2D eigenvalue weighted by Crippen LogP contribution is 2.48. The maximum atomic E-state index is 12.6. The molecule has 112 valence electrons. The summed E-state index contributed by atoms with van der Waals surface area (Å²) in [6.07, 6.45) is -3.01. The van der Waals surface area contributed by atoms with Crippen molar-refractivity contribution in [2.24, 2.45) is 0 Å². The first-order valence-electron chi connectivity index (χ1n) is 6.62. The number of nitrogens with one attached hydrogen (secondary N) is 1. The monoisotopic (exact) mass is 283 g/mol. The fourth-order valence-electron chi connectivity index (χ4n) is 2.17. The molecule has 4 nitrogen and oxygen atoms in total. The summed E-state index contributed by atoms with van der Waals surface area (Å²) in [6, 6.07) is 0. The maximum absolute atomic E-state index is 12.6. The minimum absolute atomic E-state index is 0.0286. The summed E-state index contributed by atoms with van der Waals surface area (Å²) in [5.74, 6) is 0. The molecule has 1 heterocycles. The van der Waals surface area contributed by atoms with Crippen LogP contribution in [0.25, 0.3) is 0 Å². The summed E-state index contributed by atoms with van der Waals surface area (Å²) in [7, 11) is 0. The second-order valence-corrected chi connectivity index (χ2v) is 5.29. The van der Waals surface area contributed by atoms with Crippen molar-refractivity contribution in [3.63, 3.8) is 0 Å². The first-order chi connectivity index (χ1) is 8.93. The normalized spacial score (nSPS) is 27.5. The summed E-state index contributed by atoms with van der Waals surface area (Å²) < 4.78 is 48.4. The van der Waals surface area contributed by atoms with Crippen LogP contribution >= 0.6 is 0 Å². The zero-order valence-corrected chi connectivity index (χ0v) is 10.7. The van der Waals surface area contributed by atoms with Gasteiger partial charge in [0.1, 0.15) is 5.54 Å². The number of aliphatic hydroxyl groups excluding tert-OH is 1. The highest BCUT2D eigenvalue weighted by Gasteiger charge is 2.63. The van der Waals surface area contributed by atoms with E-state index in [1.165, 1.54) is 0 Å². The van der Waals surface area contributed by atoms with Gasteiger partial charge in [-0.25, -0.2) is 0 Å². The number of alkyl halides is 3. The van der Waals surface area contributed by atoms with E-state index in [9.17, 15) is 18.3 Å². The molecule has 0 amide bonds. The zero-order valence-electron chi connectivity index (χ0n) is 10.7. The third-order valence-corrected chi connectivity index (χ3v) is 3.61. The Labute approximate surface area is 110 Å². The van der Waals surface area contributed by atoms with Crippen molar-refractivity contribution in [1.82, 2.24) is 5.32 Å². The molecule has 2 rings (SSSR count). The van der Waals surface area contributed by atoms with Gasteiger partial charge < -0.3 is 19.9 Å². The predicted octanol–water partition coefficient (Wildman–Crippen LogP) is 1.23. The van der Waals surface area contributed by atoms with Gasteiger partial charge in [0.05, 0.1) is 25.4 Å². The lowest BCUT2D eigenvalue weighted by atomic mass is 10.2. The van der Waals surface area contributed by atoms with Gasteiger partial charge in [-0.3, -0.25) is 0 Å². The first kappa shape index (κ1) is 15.0. The Bertz CT molecular complexity index is 288. The molecule has 1 saturated heterocycles. The Balaban J connectivity index is 1.58. The average Bonchev–Trinajstić information content (AvgIpc) is 2.97. The van der Waals surface area contributed by atoms with Crippen LogP contribution in [0.1, 0.15) is 25.7 Å². The molecule has 0 radical (unpaired) electrons. The molecule has 2 N–H and O–H groups in total. The largest absolute Gasteiger partial charge is 0.406 e. The molecule has 1 saturated carbocycles. The predicted molar refractivity (Wildman–Crippen MR) is 61.8 cm³/mol. The Hall–Kier alpha value is -0.370. The molecule has 0 aromatic carbocycles. The van der Waals surface area contributed by atoms with Crippen LogP contribution in [0.3, 0.4) is 0 Å². The molecular weight excluding hydrogens is 263 g/mol. The molecule has 2 unspecified atom stereocenters. The van der Waals surface area contributed by atoms with E-state index in [1.807, 2.05) is 0 Å². The topological polar surface area (TPSA) is 50.7 Å². The van der Waals surface area contributed by atoms with Crippen molar-refractivity contribution in [3.8, 4) is 0 Å². The number of ether oxygens (including phenoxy) is 2. The Kier molecular flexibility index (Phi) is 4.70. The van der Waals surface area contributed by atoms with Gasteiger partial charge in [-0.2, -0.15) is 13.2 Å². The van der Waals surface area contributed by atoms with Crippen LogP contribution in [-0.4, -0.2) is 55.4 Å². The SMILES string of the molecule is OC(CNC1(C(F)(F)F)CC1)COCC1CCCO1. The van der Waals surface area contributed by atoms with Crippen LogP contribution in [0.15, 0.2) is 0 Å². The molecule has 0 aromatic heterocycles. The summed E-state index contributed by atoms with van der Waals surface area (Å²) >= 11 is 0. The maximum Gasteiger partial charge on any atom is 0.406 e. The number of rotatable bonds is 7. The number of halogens is 3. The molecule has 0 aromatic rings. The molecular formula is C12H20F3NO3. The average molecular weight is 283 g/mol. The van der Waals surface area contributed by atoms with E-state index in [0.717, 1.165) is 19.4 Å². The fourth-order valence-corrected chi connectivity index (χ4v) is 2.17. The van der Waals surface area contributed by atoms with E-state index in [-0.39, 0.29) is 32.1 Å². The Morgan fingerprint density at radius 2 is 2.16 bits per heavy atom. The third kappa shape index (κ3) is 4.05. The molecule has 2 atom stereocenters. The van der Waals surface area contributed by atoms with Crippen LogP contribution in [0.4, 0.5) is 13.2 Å². The van der Waals surface area contributed by atoms with E-state index in [0.29, 0.717) is 6.61 Å². The van der Waals surface area contributed by atoms with Gasteiger partial charge in [0, 0.05) is 13.2 Å². The van der Waals surface area contributed by atoms with Crippen molar-refractivity contribution in [2.75, 3.05) is 26.4 Å². The second-order valence-electron chi connectivity index (χ2n) is 5.29. The van der Waals surface area contributed by atoms with E-state index in [4.69, 9.17) is 9.47 Å². The minimum atomic E-state index is -4.24. The molecule has 0 spiro atoms. The smallest absolute Gasteiger partial charge is 0.389 e. The summed E-state index contributed by atoms with van der Waals surface area (Å²) in [4.78, 5) is 0. The number of aliphatic hydroxyl groups is 1. The van der Waals surface area contributed by atoms with Crippen molar-refractivity contribution in [2.45, 2.75) is 49.6 Å². The zero-order chi connectivity index (χ0) is 13.9. The fraction of sp³-hybridized carbons (Fsp3) is 1.00. The lowest BCUT2D eigenvalue weighted by Crippen LogP contribution is -2.48. The highest BCUT2D eigenvalue weighted by atomic mass is 19.4. The number of hydrogen-bond acceptors (Lipinski definition) is 4. The van der Waals surface area contributed by atoms with Gasteiger partial charge in [-0.15, -0.1) is 0 Å². The van der Waals surface area contributed by atoms with Crippen LogP contribution in [0.5, 0.6) is 0 Å². The van der Waals surface area contributed by atoms with Gasteiger partial charge in [0.15, 0.2) is 0 Å². The lowest BCUT2D eigenvalue weighted by Gasteiger charge is -2.22. The molecule has 2 aliphatic rings. The second kappa shape index (κ2) is 5.95. The van der Waals surface area contributed by atoms with Crippen molar-refractivity contribution < 1.29 is 27.8 Å². The van der Waals surface area contributed by atoms with E-state index in [1.54, 1.807) is 0 Å². The molecule has 7 heteroatoms. The van der Waals surface area contributed by atoms with Gasteiger partial charge in [-0.05, 0) is 25.7 Å². The molecule has 0 bridgehead atoms. The van der Waals surface area contributed by atoms with Crippen LogP contribution < -0.4 is 5.32 Å². The van der Waals surface area contributed by atoms with Gasteiger partial charge in [0.25, 0.3) is 0 Å². The Morgan fingerprint density at radius 1 is 1.42 bits per heavy atom. The highest BCUT2D eigenvalue weighted by molar-refractivity contribution is 5.08. The van der Waals surface area contributed by atoms with Gasteiger partial charge in [0.2, 0.25) is 0 Å². The summed E-state index contributed by atoms with van der Waals surface area (Å²) in [5.41, 5.74) is -1.78. The molecule has 1 aliphatic heterocycles.